The zero-order chi connectivity index (χ0) is 14.8. The van der Waals surface area contributed by atoms with Crippen molar-refractivity contribution in [3.8, 4) is 5.75 Å². The molecule has 106 valence electrons. The van der Waals surface area contributed by atoms with Gasteiger partial charge < -0.3 is 15.8 Å². The first kappa shape index (κ1) is 14.5. The number of nitrogens with two attached hydrogens (primary N) is 1. The second-order valence-electron chi connectivity index (χ2n) is 3.90. The first-order chi connectivity index (χ1) is 9.35. The summed E-state index contributed by atoms with van der Waals surface area (Å²) in [6, 6.07) is 10.8. The van der Waals surface area contributed by atoms with Crippen LogP contribution in [-0.4, -0.2) is 6.36 Å². The number of anilines is 3. The van der Waals surface area contributed by atoms with Crippen molar-refractivity contribution in [3.05, 3.63) is 46.9 Å². The van der Waals surface area contributed by atoms with Crippen molar-refractivity contribution < 1.29 is 17.9 Å². The van der Waals surface area contributed by atoms with Gasteiger partial charge in [0.05, 0.1) is 17.1 Å². The number of alkyl halides is 3. The van der Waals surface area contributed by atoms with Crippen LogP contribution in [0.15, 0.2) is 46.9 Å². The molecule has 20 heavy (non-hydrogen) atoms. The maximum atomic E-state index is 12.3. The monoisotopic (exact) mass is 346 g/mol. The minimum absolute atomic E-state index is 0.176. The molecule has 0 radical (unpaired) electrons. The molecule has 2 rings (SSSR count). The van der Waals surface area contributed by atoms with Crippen LogP contribution in [0.25, 0.3) is 0 Å². The lowest BCUT2D eigenvalue weighted by molar-refractivity contribution is -0.274. The number of ether oxygens (including phenoxy) is 1. The molecule has 0 unspecified atom stereocenters. The highest BCUT2D eigenvalue weighted by molar-refractivity contribution is 9.10. The van der Waals surface area contributed by atoms with Crippen molar-refractivity contribution in [1.82, 2.24) is 0 Å². The third kappa shape index (κ3) is 3.80. The summed E-state index contributed by atoms with van der Waals surface area (Å²) in [7, 11) is 0. The first-order valence-electron chi connectivity index (χ1n) is 5.52. The van der Waals surface area contributed by atoms with E-state index in [-0.39, 0.29) is 11.4 Å². The third-order valence-electron chi connectivity index (χ3n) is 2.40. The smallest absolute Gasteiger partial charge is 0.404 e. The van der Waals surface area contributed by atoms with Gasteiger partial charge in [0.25, 0.3) is 0 Å². The summed E-state index contributed by atoms with van der Waals surface area (Å²) in [4.78, 5) is 0. The predicted molar refractivity (Wildman–Crippen MR) is 75.0 cm³/mol. The molecule has 0 aliphatic rings. The van der Waals surface area contributed by atoms with E-state index in [0.29, 0.717) is 11.4 Å². The standard InChI is InChI=1S/C13H10BrF3N2O/c14-8-5-6-9(18)11(7-8)19-10-3-1-2-4-12(10)20-13(15,16)17/h1-7,19H,18H2. The fourth-order valence-electron chi connectivity index (χ4n) is 1.57. The zero-order valence-corrected chi connectivity index (χ0v) is 11.6. The van der Waals surface area contributed by atoms with E-state index in [4.69, 9.17) is 5.73 Å². The maximum absolute atomic E-state index is 12.3. The fraction of sp³-hybridized carbons (Fsp3) is 0.0769. The molecule has 0 amide bonds. The number of halogens is 4. The SMILES string of the molecule is Nc1ccc(Br)cc1Nc1ccccc1OC(F)(F)F. The summed E-state index contributed by atoms with van der Waals surface area (Å²) in [5, 5.41) is 2.82. The lowest BCUT2D eigenvalue weighted by atomic mass is 10.2. The second kappa shape index (κ2) is 5.62. The van der Waals surface area contributed by atoms with Gasteiger partial charge in [-0.05, 0) is 30.3 Å². The summed E-state index contributed by atoms with van der Waals surface area (Å²) in [6.07, 6.45) is -4.75. The number of benzene rings is 2. The number of rotatable bonds is 3. The van der Waals surface area contributed by atoms with E-state index < -0.39 is 6.36 Å². The Kier molecular flexibility index (Phi) is 4.08. The highest BCUT2D eigenvalue weighted by Crippen LogP contribution is 2.34. The van der Waals surface area contributed by atoms with Gasteiger partial charge in [-0.1, -0.05) is 28.1 Å². The Labute approximate surface area is 121 Å². The van der Waals surface area contributed by atoms with Crippen LogP contribution >= 0.6 is 15.9 Å². The lowest BCUT2D eigenvalue weighted by Gasteiger charge is -2.15. The molecule has 0 bridgehead atoms. The summed E-state index contributed by atoms with van der Waals surface area (Å²) in [6.45, 7) is 0. The van der Waals surface area contributed by atoms with Gasteiger partial charge in [-0.3, -0.25) is 0 Å². The fourth-order valence-corrected chi connectivity index (χ4v) is 1.93. The van der Waals surface area contributed by atoms with Crippen LogP contribution in [0.4, 0.5) is 30.2 Å². The molecule has 0 aliphatic heterocycles. The van der Waals surface area contributed by atoms with Crippen molar-refractivity contribution in [2.45, 2.75) is 6.36 Å². The molecule has 0 atom stereocenters. The molecule has 7 heteroatoms. The molecule has 3 N–H and O–H groups in total. The number of nitrogen functional groups attached to an aromatic ring is 1. The Morgan fingerprint density at radius 1 is 1.05 bits per heavy atom. The van der Waals surface area contributed by atoms with Gasteiger partial charge in [0, 0.05) is 4.47 Å². The van der Waals surface area contributed by atoms with Crippen molar-refractivity contribution in [2.24, 2.45) is 0 Å². The van der Waals surface area contributed by atoms with Crippen LogP contribution in [-0.2, 0) is 0 Å². The Hall–Kier alpha value is -1.89. The van der Waals surface area contributed by atoms with Gasteiger partial charge in [-0.15, -0.1) is 13.2 Å². The maximum Gasteiger partial charge on any atom is 0.573 e. The van der Waals surface area contributed by atoms with Crippen molar-refractivity contribution in [1.29, 1.82) is 0 Å². The second-order valence-corrected chi connectivity index (χ2v) is 4.82. The van der Waals surface area contributed by atoms with Crippen LogP contribution < -0.4 is 15.8 Å². The van der Waals surface area contributed by atoms with E-state index in [1.807, 2.05) is 0 Å². The summed E-state index contributed by atoms with van der Waals surface area (Å²) in [5.74, 6) is -0.320. The minimum Gasteiger partial charge on any atom is -0.404 e. The largest absolute Gasteiger partial charge is 0.573 e. The van der Waals surface area contributed by atoms with Crippen LogP contribution in [0.1, 0.15) is 0 Å². The Morgan fingerprint density at radius 3 is 2.45 bits per heavy atom. The molecule has 0 aromatic heterocycles. The zero-order valence-electron chi connectivity index (χ0n) is 10.0. The Morgan fingerprint density at radius 2 is 1.75 bits per heavy atom. The van der Waals surface area contributed by atoms with E-state index in [9.17, 15) is 13.2 Å². The van der Waals surface area contributed by atoms with E-state index in [1.54, 1.807) is 24.3 Å². The molecule has 2 aromatic rings. The van der Waals surface area contributed by atoms with E-state index in [1.165, 1.54) is 18.2 Å². The highest BCUT2D eigenvalue weighted by Gasteiger charge is 2.32. The normalized spacial score (nSPS) is 11.2. The highest BCUT2D eigenvalue weighted by atomic mass is 79.9. The van der Waals surface area contributed by atoms with Crippen molar-refractivity contribution in [2.75, 3.05) is 11.1 Å². The Balaban J connectivity index is 2.32. The van der Waals surface area contributed by atoms with E-state index in [0.717, 1.165) is 4.47 Å². The number of hydrogen-bond donors (Lipinski definition) is 2. The average molecular weight is 347 g/mol. The summed E-state index contributed by atoms with van der Waals surface area (Å²) >= 11 is 3.27. The molecular formula is C13H10BrF3N2O. The predicted octanol–water partition coefficient (Wildman–Crippen LogP) is 4.67. The molecule has 2 aromatic carbocycles. The number of nitrogens with one attached hydrogen (secondary N) is 1. The van der Waals surface area contributed by atoms with E-state index in [2.05, 4.69) is 26.0 Å². The molecular weight excluding hydrogens is 337 g/mol. The molecule has 0 saturated heterocycles. The molecule has 0 saturated carbocycles. The van der Waals surface area contributed by atoms with Crippen LogP contribution in [0.2, 0.25) is 0 Å². The van der Waals surface area contributed by atoms with Gasteiger partial charge in [-0.25, -0.2) is 0 Å². The topological polar surface area (TPSA) is 47.3 Å². The number of hydrogen-bond acceptors (Lipinski definition) is 3. The molecule has 0 fully saturated rings. The van der Waals surface area contributed by atoms with Crippen LogP contribution in [0.3, 0.4) is 0 Å². The molecule has 0 spiro atoms. The first-order valence-corrected chi connectivity index (χ1v) is 6.31. The summed E-state index contributed by atoms with van der Waals surface area (Å²) in [5.41, 5.74) is 6.84. The van der Waals surface area contributed by atoms with Crippen molar-refractivity contribution in [3.63, 3.8) is 0 Å². The lowest BCUT2D eigenvalue weighted by Crippen LogP contribution is -2.17. The van der Waals surface area contributed by atoms with Crippen molar-refractivity contribution >= 4 is 33.0 Å². The van der Waals surface area contributed by atoms with E-state index >= 15 is 0 Å². The van der Waals surface area contributed by atoms with Gasteiger partial charge in [0.2, 0.25) is 0 Å². The molecule has 0 aliphatic carbocycles. The average Bonchev–Trinajstić information content (AvgIpc) is 2.34. The van der Waals surface area contributed by atoms with Gasteiger partial charge in [-0.2, -0.15) is 0 Å². The van der Waals surface area contributed by atoms with Crippen LogP contribution in [0.5, 0.6) is 5.75 Å². The minimum atomic E-state index is -4.75. The Bertz CT molecular complexity index is 617. The van der Waals surface area contributed by atoms with Gasteiger partial charge in [0.15, 0.2) is 5.75 Å². The van der Waals surface area contributed by atoms with Gasteiger partial charge >= 0.3 is 6.36 Å². The number of para-hydroxylation sites is 2. The quantitative estimate of drug-likeness (QED) is 0.793. The summed E-state index contributed by atoms with van der Waals surface area (Å²) < 4.78 is 41.7. The van der Waals surface area contributed by atoms with Gasteiger partial charge in [0.1, 0.15) is 0 Å². The molecule has 3 nitrogen and oxygen atoms in total. The van der Waals surface area contributed by atoms with Crippen LogP contribution in [0, 0.1) is 0 Å². The third-order valence-corrected chi connectivity index (χ3v) is 2.89. The molecule has 0 heterocycles.